The maximum atomic E-state index is 12.5. The van der Waals surface area contributed by atoms with Gasteiger partial charge in [0.25, 0.3) is 5.91 Å². The van der Waals surface area contributed by atoms with Crippen molar-refractivity contribution in [2.45, 2.75) is 58.4 Å². The summed E-state index contributed by atoms with van der Waals surface area (Å²) in [5.74, 6) is -0.286. The molecule has 1 amide bonds. The van der Waals surface area contributed by atoms with Gasteiger partial charge in [0.1, 0.15) is 0 Å². The fraction of sp³-hybridized carbons (Fsp3) is 0.417. The van der Waals surface area contributed by atoms with Crippen LogP contribution in [0.3, 0.4) is 0 Å². The summed E-state index contributed by atoms with van der Waals surface area (Å²) < 4.78 is 26.2. The predicted molar refractivity (Wildman–Crippen MR) is 126 cm³/mol. The second kappa shape index (κ2) is 10.6. The van der Waals surface area contributed by atoms with E-state index in [1.807, 2.05) is 31.2 Å². The molecular formula is C24H31N3O3S. The number of nitrogens with zero attached hydrogens (tertiary/aromatic N) is 2. The van der Waals surface area contributed by atoms with Gasteiger partial charge in [-0.25, -0.2) is 13.8 Å². The summed E-state index contributed by atoms with van der Waals surface area (Å²) in [5.41, 5.74) is 6.64. The third-order valence-corrected chi connectivity index (χ3v) is 6.78. The molecule has 1 aliphatic carbocycles. The Kier molecular flexibility index (Phi) is 7.85. The molecule has 0 saturated heterocycles. The number of hydrazone groups is 1. The zero-order valence-corrected chi connectivity index (χ0v) is 19.1. The van der Waals surface area contributed by atoms with E-state index in [0.717, 1.165) is 42.5 Å². The summed E-state index contributed by atoms with van der Waals surface area (Å²) in [7, 11) is -3.49. The van der Waals surface area contributed by atoms with Crippen LogP contribution in [0.4, 0.5) is 5.69 Å². The summed E-state index contributed by atoms with van der Waals surface area (Å²) in [5, 5.41) is 4.33. The third kappa shape index (κ3) is 6.66. The Labute approximate surface area is 185 Å². The number of hydrogen-bond donors (Lipinski definition) is 1. The molecule has 6 nitrogen and oxygen atoms in total. The average molecular weight is 442 g/mol. The van der Waals surface area contributed by atoms with Crippen LogP contribution in [0.25, 0.3) is 0 Å². The van der Waals surface area contributed by atoms with E-state index in [1.54, 1.807) is 24.3 Å². The molecule has 1 N–H and O–H groups in total. The highest BCUT2D eigenvalue weighted by Gasteiger charge is 2.19. The maximum absolute atomic E-state index is 12.5. The smallest absolute Gasteiger partial charge is 0.267 e. The van der Waals surface area contributed by atoms with E-state index >= 15 is 0 Å². The van der Waals surface area contributed by atoms with Crippen molar-refractivity contribution in [2.75, 3.05) is 10.6 Å². The van der Waals surface area contributed by atoms with Crippen molar-refractivity contribution in [2.24, 2.45) is 5.10 Å². The molecule has 1 fully saturated rings. The fourth-order valence-electron chi connectivity index (χ4n) is 3.74. The highest BCUT2D eigenvalue weighted by molar-refractivity contribution is 7.92. The molecule has 0 aromatic heterocycles. The average Bonchev–Trinajstić information content (AvgIpc) is 2.71. The minimum absolute atomic E-state index is 0.241. The lowest BCUT2D eigenvalue weighted by molar-refractivity contribution is 0.0954. The molecule has 0 unspecified atom stereocenters. The van der Waals surface area contributed by atoms with Crippen LogP contribution in [0.15, 0.2) is 53.6 Å². The lowest BCUT2D eigenvalue weighted by Gasteiger charge is -2.23. The van der Waals surface area contributed by atoms with E-state index in [1.165, 1.54) is 29.8 Å². The number of aryl methyl sites for hydroxylation is 1. The number of carbonyl (C=O) groups excluding carboxylic acids is 1. The molecule has 31 heavy (non-hydrogen) atoms. The Bertz CT molecular complexity index is 1020. The Morgan fingerprint density at radius 3 is 2.19 bits per heavy atom. The summed E-state index contributed by atoms with van der Waals surface area (Å²) in [4.78, 5) is 12.5. The maximum Gasteiger partial charge on any atom is 0.271 e. The van der Waals surface area contributed by atoms with Crippen LogP contribution < -0.4 is 9.73 Å². The van der Waals surface area contributed by atoms with Crippen LogP contribution in [0.1, 0.15) is 66.4 Å². The molecule has 0 bridgehead atoms. The standard InChI is InChI=1S/C24H31N3O3S/c1-19-10-8-9-11-21(19)18-27(31(2,29)30)23-16-14-20(15-17-23)24(28)26-25-22-12-6-4-3-5-7-13-22/h8-11,14-17H,3-7,12-13,18H2,1-2H3,(H,26,28). The van der Waals surface area contributed by atoms with Crippen LogP contribution in [-0.4, -0.2) is 26.3 Å². The van der Waals surface area contributed by atoms with Gasteiger partial charge in [-0.3, -0.25) is 9.10 Å². The normalized spacial score (nSPS) is 15.0. The van der Waals surface area contributed by atoms with Crippen molar-refractivity contribution < 1.29 is 13.2 Å². The molecule has 0 aliphatic heterocycles. The first-order chi connectivity index (χ1) is 14.8. The van der Waals surface area contributed by atoms with Gasteiger partial charge < -0.3 is 0 Å². The number of hydrogen-bond acceptors (Lipinski definition) is 4. The SMILES string of the molecule is Cc1ccccc1CN(c1ccc(C(=O)NN=C2CCCCCCC2)cc1)S(C)(=O)=O. The van der Waals surface area contributed by atoms with Crippen molar-refractivity contribution in [3.8, 4) is 0 Å². The second-order valence-corrected chi connectivity index (χ2v) is 10.0. The van der Waals surface area contributed by atoms with Gasteiger partial charge in [0.2, 0.25) is 10.0 Å². The van der Waals surface area contributed by atoms with Crippen molar-refractivity contribution in [1.82, 2.24) is 5.43 Å². The number of sulfonamides is 1. The minimum atomic E-state index is -3.49. The van der Waals surface area contributed by atoms with Gasteiger partial charge >= 0.3 is 0 Å². The van der Waals surface area contributed by atoms with Gasteiger partial charge in [-0.1, -0.05) is 43.5 Å². The quantitative estimate of drug-likeness (QED) is 0.655. The molecule has 7 heteroatoms. The van der Waals surface area contributed by atoms with E-state index in [2.05, 4.69) is 10.5 Å². The Hall–Kier alpha value is -2.67. The van der Waals surface area contributed by atoms with Gasteiger partial charge in [0.15, 0.2) is 0 Å². The molecule has 2 aromatic rings. The number of anilines is 1. The van der Waals surface area contributed by atoms with Gasteiger partial charge in [0.05, 0.1) is 18.5 Å². The van der Waals surface area contributed by atoms with Crippen LogP contribution >= 0.6 is 0 Å². The lowest BCUT2D eigenvalue weighted by atomic mass is 9.99. The fourth-order valence-corrected chi connectivity index (χ4v) is 4.62. The second-order valence-electron chi connectivity index (χ2n) is 8.13. The summed E-state index contributed by atoms with van der Waals surface area (Å²) in [6.07, 6.45) is 9.00. The zero-order chi connectivity index (χ0) is 22.3. The first-order valence-electron chi connectivity index (χ1n) is 10.8. The molecule has 166 valence electrons. The number of amides is 1. The first kappa shape index (κ1) is 23.0. The summed E-state index contributed by atoms with van der Waals surface area (Å²) in [6, 6.07) is 14.3. The topological polar surface area (TPSA) is 78.8 Å². The van der Waals surface area contributed by atoms with E-state index < -0.39 is 10.0 Å². The van der Waals surface area contributed by atoms with Crippen molar-refractivity contribution in [1.29, 1.82) is 0 Å². The van der Waals surface area contributed by atoms with Crippen molar-refractivity contribution in [3.05, 3.63) is 65.2 Å². The molecule has 0 heterocycles. The van der Waals surface area contributed by atoms with Crippen LogP contribution in [0.2, 0.25) is 0 Å². The van der Waals surface area contributed by atoms with Crippen molar-refractivity contribution >= 4 is 27.3 Å². The van der Waals surface area contributed by atoms with Crippen LogP contribution in [0, 0.1) is 6.92 Å². The van der Waals surface area contributed by atoms with Gasteiger partial charge in [-0.2, -0.15) is 5.10 Å². The number of benzene rings is 2. The molecular weight excluding hydrogens is 410 g/mol. The monoisotopic (exact) mass is 441 g/mol. The van der Waals surface area contributed by atoms with Crippen LogP contribution in [-0.2, 0) is 16.6 Å². The summed E-state index contributed by atoms with van der Waals surface area (Å²) >= 11 is 0. The lowest BCUT2D eigenvalue weighted by Crippen LogP contribution is -2.29. The Morgan fingerprint density at radius 1 is 0.968 bits per heavy atom. The van der Waals surface area contributed by atoms with E-state index in [-0.39, 0.29) is 12.5 Å². The summed E-state index contributed by atoms with van der Waals surface area (Å²) in [6.45, 7) is 2.20. The molecule has 2 aromatic carbocycles. The molecule has 1 aliphatic rings. The molecule has 1 saturated carbocycles. The zero-order valence-electron chi connectivity index (χ0n) is 18.3. The Morgan fingerprint density at radius 2 is 1.58 bits per heavy atom. The van der Waals surface area contributed by atoms with E-state index in [0.29, 0.717) is 11.3 Å². The van der Waals surface area contributed by atoms with Crippen LogP contribution in [0.5, 0.6) is 0 Å². The van der Waals surface area contributed by atoms with Gasteiger partial charge in [-0.05, 0) is 68.0 Å². The third-order valence-electron chi connectivity index (χ3n) is 5.64. The van der Waals surface area contributed by atoms with Gasteiger partial charge in [0, 0.05) is 11.3 Å². The van der Waals surface area contributed by atoms with Gasteiger partial charge in [-0.15, -0.1) is 0 Å². The minimum Gasteiger partial charge on any atom is -0.267 e. The molecule has 3 rings (SSSR count). The Balaban J connectivity index is 1.72. The van der Waals surface area contributed by atoms with E-state index in [9.17, 15) is 13.2 Å². The first-order valence-corrected chi connectivity index (χ1v) is 12.7. The number of nitrogens with one attached hydrogen (secondary N) is 1. The van der Waals surface area contributed by atoms with Crippen molar-refractivity contribution in [3.63, 3.8) is 0 Å². The predicted octanol–water partition coefficient (Wildman–Crippen LogP) is 4.79. The molecule has 0 radical (unpaired) electrons. The number of rotatable bonds is 6. The highest BCUT2D eigenvalue weighted by atomic mass is 32.2. The van der Waals surface area contributed by atoms with E-state index in [4.69, 9.17) is 0 Å². The molecule has 0 atom stereocenters. The highest BCUT2D eigenvalue weighted by Crippen LogP contribution is 2.22. The molecule has 0 spiro atoms. The number of carbonyl (C=O) groups is 1. The largest absolute Gasteiger partial charge is 0.271 e.